The number of unbranched alkanes of at least 4 members (excludes halogenated alkanes) is 2. The molecule has 0 fully saturated rings. The number of methoxy groups -OCH3 is 1. The minimum Gasteiger partial charge on any atom is -0.469 e. The standard InChI is InChI=1S/C11H24N2O5S/c1-12(8-5-4-6-10-14)19(16,17)13(2)9-7-11(15)18-3/h14H,4-10H2,1-3H3. The average molecular weight is 296 g/mol. The second kappa shape index (κ2) is 9.24. The molecule has 0 aliphatic heterocycles. The Morgan fingerprint density at radius 3 is 2.21 bits per heavy atom. The third kappa shape index (κ3) is 6.86. The molecule has 0 saturated heterocycles. The number of ether oxygens (including phenoxy) is 1. The van der Waals surface area contributed by atoms with Crippen LogP contribution in [0.4, 0.5) is 0 Å². The Morgan fingerprint density at radius 2 is 1.68 bits per heavy atom. The van der Waals surface area contributed by atoms with Crippen molar-refractivity contribution in [3.63, 3.8) is 0 Å². The highest BCUT2D eigenvalue weighted by Gasteiger charge is 2.23. The van der Waals surface area contributed by atoms with Crippen molar-refractivity contribution in [3.05, 3.63) is 0 Å². The van der Waals surface area contributed by atoms with E-state index in [1.165, 1.54) is 25.5 Å². The fourth-order valence-electron chi connectivity index (χ4n) is 1.44. The molecule has 114 valence electrons. The average Bonchev–Trinajstić information content (AvgIpc) is 2.39. The number of hydrogen-bond donors (Lipinski definition) is 1. The Bertz CT molecular complexity index is 358. The Hall–Kier alpha value is -0.700. The maximum absolute atomic E-state index is 12.0. The van der Waals surface area contributed by atoms with Crippen molar-refractivity contribution in [2.24, 2.45) is 0 Å². The molecule has 0 heterocycles. The fraction of sp³-hybridized carbons (Fsp3) is 0.909. The second-order valence-corrected chi connectivity index (χ2v) is 6.40. The third-order valence-corrected chi connectivity index (χ3v) is 4.72. The number of aliphatic hydroxyl groups is 1. The van der Waals surface area contributed by atoms with Crippen molar-refractivity contribution < 1.29 is 23.1 Å². The summed E-state index contributed by atoms with van der Waals surface area (Å²) in [5, 5.41) is 8.64. The summed E-state index contributed by atoms with van der Waals surface area (Å²) >= 11 is 0. The van der Waals surface area contributed by atoms with E-state index in [0.29, 0.717) is 19.4 Å². The molecular formula is C11H24N2O5S. The van der Waals surface area contributed by atoms with Gasteiger partial charge in [0, 0.05) is 33.8 Å². The van der Waals surface area contributed by atoms with Crippen LogP contribution in [0.2, 0.25) is 0 Å². The molecule has 0 aliphatic carbocycles. The Morgan fingerprint density at radius 1 is 1.11 bits per heavy atom. The molecule has 0 aromatic heterocycles. The number of carbonyl (C=O) groups is 1. The summed E-state index contributed by atoms with van der Waals surface area (Å²) in [6.07, 6.45) is 2.18. The van der Waals surface area contributed by atoms with E-state index in [0.717, 1.165) is 10.7 Å². The van der Waals surface area contributed by atoms with Crippen molar-refractivity contribution in [1.82, 2.24) is 8.61 Å². The lowest BCUT2D eigenvalue weighted by Crippen LogP contribution is -2.41. The molecule has 7 nitrogen and oxygen atoms in total. The first-order valence-corrected chi connectivity index (χ1v) is 7.61. The van der Waals surface area contributed by atoms with Gasteiger partial charge in [0.15, 0.2) is 0 Å². The van der Waals surface area contributed by atoms with E-state index in [1.54, 1.807) is 0 Å². The van der Waals surface area contributed by atoms with Crippen LogP contribution in [0.25, 0.3) is 0 Å². The normalized spacial score (nSPS) is 12.1. The SMILES string of the molecule is COC(=O)CCN(C)S(=O)(=O)N(C)CCCCCO. The zero-order valence-electron chi connectivity index (χ0n) is 11.8. The van der Waals surface area contributed by atoms with Crippen molar-refractivity contribution >= 4 is 16.2 Å². The van der Waals surface area contributed by atoms with E-state index >= 15 is 0 Å². The third-order valence-electron chi connectivity index (χ3n) is 2.78. The number of esters is 1. The molecule has 0 bridgehead atoms. The van der Waals surface area contributed by atoms with Crippen molar-refractivity contribution in [2.45, 2.75) is 25.7 Å². The minimum atomic E-state index is -3.53. The predicted octanol–water partition coefficient (Wildman–Crippen LogP) is -0.179. The second-order valence-electron chi connectivity index (χ2n) is 4.26. The molecule has 0 aromatic carbocycles. The lowest BCUT2D eigenvalue weighted by atomic mass is 10.2. The molecule has 0 atom stereocenters. The Kier molecular flexibility index (Phi) is 8.90. The van der Waals surface area contributed by atoms with Gasteiger partial charge in [0.05, 0.1) is 13.5 Å². The number of rotatable bonds is 10. The van der Waals surface area contributed by atoms with Gasteiger partial charge in [0.1, 0.15) is 0 Å². The van der Waals surface area contributed by atoms with E-state index in [4.69, 9.17) is 5.11 Å². The largest absolute Gasteiger partial charge is 0.469 e. The quantitative estimate of drug-likeness (QED) is 0.446. The van der Waals surface area contributed by atoms with E-state index in [-0.39, 0.29) is 19.6 Å². The first kappa shape index (κ1) is 18.3. The summed E-state index contributed by atoms with van der Waals surface area (Å²) < 4.78 is 30.9. The zero-order valence-corrected chi connectivity index (χ0v) is 12.6. The monoisotopic (exact) mass is 296 g/mol. The van der Waals surface area contributed by atoms with Gasteiger partial charge in [-0.25, -0.2) is 0 Å². The molecule has 19 heavy (non-hydrogen) atoms. The molecule has 8 heteroatoms. The number of hydrogen-bond acceptors (Lipinski definition) is 5. The van der Waals surface area contributed by atoms with Gasteiger partial charge in [-0.2, -0.15) is 17.0 Å². The van der Waals surface area contributed by atoms with Gasteiger partial charge in [0.2, 0.25) is 0 Å². The lowest BCUT2D eigenvalue weighted by Gasteiger charge is -2.24. The Labute approximate surface area is 115 Å². The molecule has 0 amide bonds. The first-order chi connectivity index (χ1) is 8.86. The molecule has 0 rings (SSSR count). The van der Waals surface area contributed by atoms with E-state index in [1.807, 2.05) is 0 Å². The molecule has 0 aromatic rings. The molecule has 0 spiro atoms. The molecular weight excluding hydrogens is 272 g/mol. The van der Waals surface area contributed by atoms with Crippen molar-refractivity contribution in [1.29, 1.82) is 0 Å². The smallest absolute Gasteiger partial charge is 0.306 e. The highest BCUT2D eigenvalue weighted by molar-refractivity contribution is 7.86. The predicted molar refractivity (Wildman–Crippen MR) is 71.7 cm³/mol. The van der Waals surface area contributed by atoms with Crippen LogP contribution in [-0.2, 0) is 19.7 Å². The van der Waals surface area contributed by atoms with Gasteiger partial charge in [-0.1, -0.05) is 0 Å². The van der Waals surface area contributed by atoms with Gasteiger partial charge in [-0.15, -0.1) is 0 Å². The number of carbonyl (C=O) groups excluding carboxylic acids is 1. The maximum Gasteiger partial charge on any atom is 0.306 e. The van der Waals surface area contributed by atoms with Crippen LogP contribution in [0.1, 0.15) is 25.7 Å². The highest BCUT2D eigenvalue weighted by Crippen LogP contribution is 2.07. The van der Waals surface area contributed by atoms with Crippen LogP contribution < -0.4 is 0 Å². The fourth-order valence-corrected chi connectivity index (χ4v) is 2.60. The summed E-state index contributed by atoms with van der Waals surface area (Å²) in [6.45, 7) is 0.608. The van der Waals surface area contributed by atoms with Crippen molar-refractivity contribution in [2.75, 3.05) is 40.9 Å². The van der Waals surface area contributed by atoms with Crippen LogP contribution in [-0.4, -0.2) is 69.0 Å². The topological polar surface area (TPSA) is 87.2 Å². The van der Waals surface area contributed by atoms with Gasteiger partial charge < -0.3 is 9.84 Å². The number of aliphatic hydroxyl groups excluding tert-OH is 1. The maximum atomic E-state index is 12.0. The molecule has 0 radical (unpaired) electrons. The summed E-state index contributed by atoms with van der Waals surface area (Å²) in [5.74, 6) is -0.437. The van der Waals surface area contributed by atoms with Crippen molar-refractivity contribution in [3.8, 4) is 0 Å². The summed E-state index contributed by atoms with van der Waals surface area (Å²) in [7, 11) is 0.670. The van der Waals surface area contributed by atoms with Gasteiger partial charge in [-0.05, 0) is 19.3 Å². The van der Waals surface area contributed by atoms with Crippen LogP contribution in [0.3, 0.4) is 0 Å². The van der Waals surface area contributed by atoms with E-state index in [9.17, 15) is 13.2 Å². The van der Waals surface area contributed by atoms with Crippen LogP contribution in [0.15, 0.2) is 0 Å². The van der Waals surface area contributed by atoms with Crippen LogP contribution >= 0.6 is 0 Å². The van der Waals surface area contributed by atoms with Gasteiger partial charge >= 0.3 is 5.97 Å². The minimum absolute atomic E-state index is 0.0323. The molecule has 0 aliphatic rings. The zero-order chi connectivity index (χ0) is 14.9. The Balaban J connectivity index is 4.22. The van der Waals surface area contributed by atoms with E-state index in [2.05, 4.69) is 4.74 Å². The molecule has 0 saturated carbocycles. The summed E-state index contributed by atoms with van der Waals surface area (Å²) in [4.78, 5) is 11.0. The highest BCUT2D eigenvalue weighted by atomic mass is 32.2. The van der Waals surface area contributed by atoms with Crippen LogP contribution in [0, 0.1) is 0 Å². The first-order valence-electron chi connectivity index (χ1n) is 6.21. The molecule has 0 unspecified atom stereocenters. The van der Waals surface area contributed by atoms with Crippen LogP contribution in [0.5, 0.6) is 0 Å². The van der Waals surface area contributed by atoms with Gasteiger partial charge in [-0.3, -0.25) is 4.79 Å². The van der Waals surface area contributed by atoms with E-state index < -0.39 is 16.2 Å². The molecule has 1 N–H and O–H groups in total. The number of nitrogens with zero attached hydrogens (tertiary/aromatic N) is 2. The summed E-state index contributed by atoms with van der Waals surface area (Å²) in [5.41, 5.74) is 0. The lowest BCUT2D eigenvalue weighted by molar-refractivity contribution is -0.140. The summed E-state index contributed by atoms with van der Waals surface area (Å²) in [6, 6.07) is 0. The van der Waals surface area contributed by atoms with Gasteiger partial charge in [0.25, 0.3) is 10.2 Å².